The van der Waals surface area contributed by atoms with Crippen molar-refractivity contribution in [3.8, 4) is 0 Å². The number of hydrogen-bond donors (Lipinski definition) is 2. The number of carbonyl (C=O) groups is 2. The quantitative estimate of drug-likeness (QED) is 0.503. The van der Waals surface area contributed by atoms with Crippen molar-refractivity contribution in [2.24, 2.45) is 5.14 Å². The lowest BCUT2D eigenvalue weighted by Gasteiger charge is -2.29. The predicted molar refractivity (Wildman–Crippen MR) is 117 cm³/mol. The highest BCUT2D eigenvalue weighted by Gasteiger charge is 2.43. The number of nitrogens with zero attached hydrogens (tertiary/aromatic N) is 2. The summed E-state index contributed by atoms with van der Waals surface area (Å²) in [6, 6.07) is 14.3. The van der Waals surface area contributed by atoms with Gasteiger partial charge in [0.1, 0.15) is 6.04 Å². The van der Waals surface area contributed by atoms with Gasteiger partial charge in [0.2, 0.25) is 15.9 Å². The molecule has 158 valence electrons. The molecule has 1 aliphatic heterocycles. The fourth-order valence-corrected chi connectivity index (χ4v) is 4.08. The Kier molecular flexibility index (Phi) is 6.49. The van der Waals surface area contributed by atoms with Crippen LogP contribution in [0.1, 0.15) is 12.0 Å². The van der Waals surface area contributed by atoms with E-state index in [1.54, 1.807) is 48.3 Å². The number of anilines is 1. The second-order valence-electron chi connectivity index (χ2n) is 6.81. The highest BCUT2D eigenvalue weighted by atomic mass is 32.2. The lowest BCUT2D eigenvalue weighted by molar-refractivity contribution is -0.122. The molecular weight excluding hydrogens is 424 g/mol. The first-order valence-corrected chi connectivity index (χ1v) is 11.2. The number of benzene rings is 2. The van der Waals surface area contributed by atoms with E-state index in [0.29, 0.717) is 23.8 Å². The molecule has 0 saturated carbocycles. The van der Waals surface area contributed by atoms with Gasteiger partial charge in [-0.05, 0) is 48.5 Å². The fraction of sp³-hybridized carbons (Fsp3) is 0.250. The number of nitrogens with one attached hydrogen (secondary N) is 1. The first-order chi connectivity index (χ1) is 14.2. The molecule has 8 nitrogen and oxygen atoms in total. The number of amides is 2. The molecule has 0 aliphatic carbocycles. The lowest BCUT2D eigenvalue weighted by atomic mass is 10.1. The number of primary sulfonamides is 1. The summed E-state index contributed by atoms with van der Waals surface area (Å²) < 4.78 is 22.8. The number of rotatable bonds is 6. The Morgan fingerprint density at radius 3 is 2.37 bits per heavy atom. The van der Waals surface area contributed by atoms with Gasteiger partial charge in [0.05, 0.1) is 17.0 Å². The van der Waals surface area contributed by atoms with Gasteiger partial charge >= 0.3 is 0 Å². The molecular formula is C20H22N4O4S2. The summed E-state index contributed by atoms with van der Waals surface area (Å²) in [5.74, 6) is -0.606. The van der Waals surface area contributed by atoms with Crippen LogP contribution in [0.15, 0.2) is 59.5 Å². The van der Waals surface area contributed by atoms with E-state index < -0.39 is 16.1 Å². The molecule has 3 N–H and O–H groups in total. The van der Waals surface area contributed by atoms with Crippen LogP contribution in [0.5, 0.6) is 0 Å². The number of sulfonamides is 1. The summed E-state index contributed by atoms with van der Waals surface area (Å²) in [5, 5.41) is 8.36. The summed E-state index contributed by atoms with van der Waals surface area (Å²) in [7, 11) is -2.10. The average Bonchev–Trinajstić information content (AvgIpc) is 3.02. The Labute approximate surface area is 180 Å². The topological polar surface area (TPSA) is 113 Å². The van der Waals surface area contributed by atoms with E-state index in [0.717, 1.165) is 5.56 Å². The van der Waals surface area contributed by atoms with Gasteiger partial charge in [-0.25, -0.2) is 18.5 Å². The smallest absolute Gasteiger partial charge is 0.257 e. The van der Waals surface area contributed by atoms with Crippen molar-refractivity contribution in [1.82, 2.24) is 10.2 Å². The fourth-order valence-electron chi connectivity index (χ4n) is 3.35. The maximum absolute atomic E-state index is 13.0. The maximum Gasteiger partial charge on any atom is 0.257 e. The van der Waals surface area contributed by atoms with Gasteiger partial charge < -0.3 is 10.2 Å². The van der Waals surface area contributed by atoms with Crippen molar-refractivity contribution in [3.63, 3.8) is 0 Å². The second-order valence-corrected chi connectivity index (χ2v) is 8.76. The van der Waals surface area contributed by atoms with Gasteiger partial charge in [-0.15, -0.1) is 0 Å². The Bertz CT molecular complexity index is 1060. The molecule has 2 amide bonds. The Hall–Kier alpha value is -2.82. The predicted octanol–water partition coefficient (Wildman–Crippen LogP) is 1.01. The van der Waals surface area contributed by atoms with Crippen LogP contribution in [-0.2, 0) is 26.0 Å². The minimum atomic E-state index is -3.76. The largest absolute Gasteiger partial charge is 0.366 e. The summed E-state index contributed by atoms with van der Waals surface area (Å²) in [6.07, 6.45) is 0.524. The highest BCUT2D eigenvalue weighted by Crippen LogP contribution is 2.26. The van der Waals surface area contributed by atoms with Crippen LogP contribution in [0.25, 0.3) is 0 Å². The van der Waals surface area contributed by atoms with Crippen molar-refractivity contribution < 1.29 is 18.0 Å². The number of nitrogens with two attached hydrogens (primary N) is 1. The zero-order valence-corrected chi connectivity index (χ0v) is 17.9. The number of thiocarbonyl (C=S) groups is 1. The molecule has 1 fully saturated rings. The second kappa shape index (κ2) is 8.90. The highest BCUT2D eigenvalue weighted by molar-refractivity contribution is 7.89. The van der Waals surface area contributed by atoms with Crippen LogP contribution in [0.4, 0.5) is 5.69 Å². The molecule has 10 heteroatoms. The third kappa shape index (κ3) is 4.66. The minimum absolute atomic E-state index is 0.0277. The van der Waals surface area contributed by atoms with Crippen LogP contribution in [-0.4, -0.2) is 49.9 Å². The molecule has 0 bridgehead atoms. The third-order valence-electron chi connectivity index (χ3n) is 4.88. The number of imide groups is 1. The Morgan fingerprint density at radius 1 is 1.17 bits per heavy atom. The molecule has 0 spiro atoms. The van der Waals surface area contributed by atoms with Gasteiger partial charge in [0.15, 0.2) is 5.11 Å². The van der Waals surface area contributed by atoms with E-state index in [4.69, 9.17) is 17.4 Å². The zero-order valence-electron chi connectivity index (χ0n) is 16.3. The van der Waals surface area contributed by atoms with E-state index in [9.17, 15) is 18.0 Å². The molecule has 1 saturated heterocycles. The van der Waals surface area contributed by atoms with Crippen molar-refractivity contribution in [1.29, 1.82) is 0 Å². The summed E-state index contributed by atoms with van der Waals surface area (Å²) in [5.41, 5.74) is 1.38. The first-order valence-electron chi connectivity index (χ1n) is 9.24. The number of para-hydroxylation sites is 1. The molecule has 1 atom stereocenters. The normalized spacial score (nSPS) is 16.6. The van der Waals surface area contributed by atoms with Crippen LogP contribution in [0.3, 0.4) is 0 Å². The number of hydrogen-bond acceptors (Lipinski definition) is 5. The summed E-state index contributed by atoms with van der Waals surface area (Å²) in [6.45, 7) is 0.376. The Morgan fingerprint density at radius 2 is 1.80 bits per heavy atom. The van der Waals surface area contributed by atoms with E-state index >= 15 is 0 Å². The molecule has 2 aromatic rings. The van der Waals surface area contributed by atoms with Crippen molar-refractivity contribution in [3.05, 3.63) is 60.2 Å². The average molecular weight is 447 g/mol. The minimum Gasteiger partial charge on any atom is -0.366 e. The van der Waals surface area contributed by atoms with Gasteiger partial charge in [-0.2, -0.15) is 0 Å². The van der Waals surface area contributed by atoms with Gasteiger partial charge in [0.25, 0.3) is 5.91 Å². The first kappa shape index (κ1) is 21.9. The zero-order chi connectivity index (χ0) is 21.9. The maximum atomic E-state index is 13.0. The Balaban J connectivity index is 1.77. The molecule has 1 aliphatic rings. The van der Waals surface area contributed by atoms with Crippen molar-refractivity contribution in [2.45, 2.75) is 23.8 Å². The van der Waals surface area contributed by atoms with E-state index in [-0.39, 0.29) is 23.1 Å². The molecule has 2 aromatic carbocycles. The van der Waals surface area contributed by atoms with Crippen LogP contribution in [0.2, 0.25) is 0 Å². The number of carbonyl (C=O) groups excluding carboxylic acids is 2. The van der Waals surface area contributed by atoms with Gasteiger partial charge in [-0.3, -0.25) is 9.59 Å². The van der Waals surface area contributed by atoms with E-state index in [1.165, 1.54) is 17.0 Å². The van der Waals surface area contributed by atoms with E-state index in [2.05, 4.69) is 5.32 Å². The third-order valence-corrected chi connectivity index (χ3v) is 6.25. The SMILES string of the molecule is CNC(=S)N(CCc1ccc(S(N)(=O)=O)cc1)[C@H]1CC(=O)N(c2ccccc2)C1=O. The standard InChI is InChI=1S/C20H22N4O4S2/c1-22-20(29)23(12-11-14-7-9-16(10-8-14)30(21,27)28)17-13-18(25)24(19(17)26)15-5-3-2-4-6-15/h2-10,17H,11-13H2,1H3,(H,22,29)(H2,21,27,28)/t17-/m0/s1. The molecule has 1 heterocycles. The van der Waals surface area contributed by atoms with Crippen LogP contribution >= 0.6 is 12.2 Å². The monoisotopic (exact) mass is 446 g/mol. The van der Waals surface area contributed by atoms with Crippen LogP contribution in [0, 0.1) is 0 Å². The summed E-state index contributed by atoms with van der Waals surface area (Å²) in [4.78, 5) is 28.5. The molecule has 0 unspecified atom stereocenters. The van der Waals surface area contributed by atoms with Crippen molar-refractivity contribution in [2.75, 3.05) is 18.5 Å². The van der Waals surface area contributed by atoms with Gasteiger partial charge in [-0.1, -0.05) is 30.3 Å². The van der Waals surface area contributed by atoms with Crippen LogP contribution < -0.4 is 15.4 Å². The molecule has 0 radical (unpaired) electrons. The van der Waals surface area contributed by atoms with Crippen molar-refractivity contribution >= 4 is 44.9 Å². The van der Waals surface area contributed by atoms with E-state index in [1.807, 2.05) is 6.07 Å². The molecule has 0 aromatic heterocycles. The van der Waals surface area contributed by atoms with Gasteiger partial charge in [0, 0.05) is 13.6 Å². The lowest BCUT2D eigenvalue weighted by Crippen LogP contribution is -2.49. The molecule has 30 heavy (non-hydrogen) atoms. The summed E-state index contributed by atoms with van der Waals surface area (Å²) >= 11 is 5.38. The molecule has 3 rings (SSSR count).